The smallest absolute Gasteiger partial charge is 0.240 e. The maximum atomic E-state index is 12.3. The van der Waals surface area contributed by atoms with Crippen LogP contribution in [0.3, 0.4) is 0 Å². The van der Waals surface area contributed by atoms with Crippen molar-refractivity contribution in [1.29, 1.82) is 0 Å². The highest BCUT2D eigenvalue weighted by Gasteiger charge is 2.16. The lowest BCUT2D eigenvalue weighted by Crippen LogP contribution is -2.28. The van der Waals surface area contributed by atoms with E-state index in [0.29, 0.717) is 24.7 Å². The van der Waals surface area contributed by atoms with Crippen LogP contribution >= 0.6 is 0 Å². The summed E-state index contributed by atoms with van der Waals surface area (Å²) in [6.07, 6.45) is 0. The minimum atomic E-state index is -3.48. The second-order valence-electron chi connectivity index (χ2n) is 4.47. The highest BCUT2D eigenvalue weighted by atomic mass is 32.2. The highest BCUT2D eigenvalue weighted by Crippen LogP contribution is 2.16. The van der Waals surface area contributed by atoms with Crippen LogP contribution in [-0.2, 0) is 21.3 Å². The topological polar surface area (TPSA) is 67.4 Å². The highest BCUT2D eigenvalue weighted by molar-refractivity contribution is 7.89. The van der Waals surface area contributed by atoms with Crippen molar-refractivity contribution < 1.29 is 13.2 Å². The van der Waals surface area contributed by atoms with Crippen molar-refractivity contribution in [1.82, 2.24) is 10.0 Å². The SMILES string of the molecule is CCNCc1ccc(C)c(S(=O)(=O)NCCOCC)c1. The molecule has 0 fully saturated rings. The number of benzene rings is 1. The van der Waals surface area contributed by atoms with Gasteiger partial charge >= 0.3 is 0 Å². The van der Waals surface area contributed by atoms with Gasteiger partial charge in [0.2, 0.25) is 10.0 Å². The predicted molar refractivity (Wildman–Crippen MR) is 80.2 cm³/mol. The zero-order chi connectivity index (χ0) is 15.0. The van der Waals surface area contributed by atoms with Gasteiger partial charge in [0.1, 0.15) is 0 Å². The van der Waals surface area contributed by atoms with Crippen LogP contribution in [0.2, 0.25) is 0 Å². The number of hydrogen-bond acceptors (Lipinski definition) is 4. The third kappa shape index (κ3) is 5.20. The van der Waals surface area contributed by atoms with Crippen LogP contribution < -0.4 is 10.0 Å². The normalized spacial score (nSPS) is 11.8. The van der Waals surface area contributed by atoms with Crippen molar-refractivity contribution in [3.8, 4) is 0 Å². The Bertz CT molecular complexity index is 515. The van der Waals surface area contributed by atoms with Crippen LogP contribution in [0.1, 0.15) is 25.0 Å². The Morgan fingerprint density at radius 1 is 1.25 bits per heavy atom. The van der Waals surface area contributed by atoms with Gasteiger partial charge in [-0.25, -0.2) is 13.1 Å². The van der Waals surface area contributed by atoms with E-state index in [2.05, 4.69) is 10.0 Å². The van der Waals surface area contributed by atoms with Gasteiger partial charge in [0.05, 0.1) is 11.5 Å². The summed E-state index contributed by atoms with van der Waals surface area (Å²) in [5.74, 6) is 0. The van der Waals surface area contributed by atoms with E-state index in [1.165, 1.54) is 0 Å². The first-order chi connectivity index (χ1) is 9.51. The fourth-order valence-corrected chi connectivity index (χ4v) is 3.09. The minimum absolute atomic E-state index is 0.285. The monoisotopic (exact) mass is 300 g/mol. The zero-order valence-corrected chi connectivity index (χ0v) is 13.2. The molecule has 0 saturated heterocycles. The van der Waals surface area contributed by atoms with Crippen molar-refractivity contribution in [3.05, 3.63) is 29.3 Å². The fraction of sp³-hybridized carbons (Fsp3) is 0.571. The molecule has 6 heteroatoms. The van der Waals surface area contributed by atoms with E-state index >= 15 is 0 Å². The summed E-state index contributed by atoms with van der Waals surface area (Å²) in [5.41, 5.74) is 1.71. The fourth-order valence-electron chi connectivity index (χ4n) is 1.78. The van der Waals surface area contributed by atoms with Gasteiger partial charge in [0, 0.05) is 19.7 Å². The molecule has 20 heavy (non-hydrogen) atoms. The molecule has 0 spiro atoms. The third-order valence-electron chi connectivity index (χ3n) is 2.86. The molecule has 0 aromatic heterocycles. The Morgan fingerprint density at radius 2 is 2.00 bits per heavy atom. The van der Waals surface area contributed by atoms with Crippen molar-refractivity contribution in [2.75, 3.05) is 26.3 Å². The molecule has 114 valence electrons. The molecule has 0 bridgehead atoms. The van der Waals surface area contributed by atoms with E-state index in [1.807, 2.05) is 26.0 Å². The molecule has 0 saturated carbocycles. The van der Waals surface area contributed by atoms with Gasteiger partial charge in [-0.1, -0.05) is 19.1 Å². The molecule has 0 atom stereocenters. The van der Waals surface area contributed by atoms with Crippen LogP contribution in [0.25, 0.3) is 0 Å². The lowest BCUT2D eigenvalue weighted by molar-refractivity contribution is 0.153. The second kappa shape index (κ2) is 8.36. The molecule has 0 amide bonds. The number of hydrogen-bond donors (Lipinski definition) is 2. The van der Waals surface area contributed by atoms with Crippen molar-refractivity contribution >= 4 is 10.0 Å². The summed E-state index contributed by atoms with van der Waals surface area (Å²) in [4.78, 5) is 0.337. The van der Waals surface area contributed by atoms with Crippen LogP contribution in [0.4, 0.5) is 0 Å². The Kier molecular flexibility index (Phi) is 7.15. The van der Waals surface area contributed by atoms with E-state index in [-0.39, 0.29) is 6.54 Å². The maximum Gasteiger partial charge on any atom is 0.240 e. The van der Waals surface area contributed by atoms with Crippen molar-refractivity contribution in [2.45, 2.75) is 32.2 Å². The molecule has 0 unspecified atom stereocenters. The van der Waals surface area contributed by atoms with Gasteiger partial charge in [0.25, 0.3) is 0 Å². The standard InChI is InChI=1S/C14H24N2O3S/c1-4-15-11-13-7-6-12(3)14(10-13)20(17,18)16-8-9-19-5-2/h6-7,10,15-16H,4-5,8-9,11H2,1-3H3. The largest absolute Gasteiger partial charge is 0.380 e. The van der Waals surface area contributed by atoms with E-state index < -0.39 is 10.0 Å². The Hall–Kier alpha value is -0.950. The molecule has 0 aliphatic carbocycles. The van der Waals surface area contributed by atoms with E-state index in [0.717, 1.165) is 17.7 Å². The van der Waals surface area contributed by atoms with Gasteiger partial charge in [0.15, 0.2) is 0 Å². The number of aryl methyl sites for hydroxylation is 1. The van der Waals surface area contributed by atoms with E-state index in [4.69, 9.17) is 4.74 Å². The summed E-state index contributed by atoms with van der Waals surface area (Å²) >= 11 is 0. The third-order valence-corrected chi connectivity index (χ3v) is 4.47. The zero-order valence-electron chi connectivity index (χ0n) is 12.4. The van der Waals surface area contributed by atoms with Gasteiger partial charge in [-0.05, 0) is 37.6 Å². The van der Waals surface area contributed by atoms with E-state index in [1.54, 1.807) is 13.0 Å². The first kappa shape index (κ1) is 17.1. The molecule has 2 N–H and O–H groups in total. The summed E-state index contributed by atoms with van der Waals surface area (Å²) in [5, 5.41) is 3.19. The van der Waals surface area contributed by atoms with Crippen LogP contribution in [0.5, 0.6) is 0 Å². The first-order valence-corrected chi connectivity index (χ1v) is 8.37. The first-order valence-electron chi connectivity index (χ1n) is 6.89. The maximum absolute atomic E-state index is 12.3. The summed E-state index contributed by atoms with van der Waals surface area (Å²) in [6.45, 7) is 8.46. The second-order valence-corrected chi connectivity index (χ2v) is 6.21. The number of ether oxygens (including phenoxy) is 1. The van der Waals surface area contributed by atoms with Gasteiger partial charge in [-0.3, -0.25) is 0 Å². The number of rotatable bonds is 9. The van der Waals surface area contributed by atoms with E-state index in [9.17, 15) is 8.42 Å². The molecular formula is C14H24N2O3S. The Morgan fingerprint density at radius 3 is 2.65 bits per heavy atom. The molecule has 1 aromatic rings. The van der Waals surface area contributed by atoms with Gasteiger partial charge in [-0.2, -0.15) is 0 Å². The van der Waals surface area contributed by atoms with Crippen molar-refractivity contribution in [3.63, 3.8) is 0 Å². The Balaban J connectivity index is 2.81. The van der Waals surface area contributed by atoms with Crippen LogP contribution in [-0.4, -0.2) is 34.7 Å². The molecule has 1 aromatic carbocycles. The van der Waals surface area contributed by atoms with Crippen LogP contribution in [0, 0.1) is 6.92 Å². The molecule has 0 heterocycles. The predicted octanol–water partition coefficient (Wildman–Crippen LogP) is 1.42. The van der Waals surface area contributed by atoms with Crippen LogP contribution in [0.15, 0.2) is 23.1 Å². The number of nitrogens with one attached hydrogen (secondary N) is 2. The molecule has 0 aliphatic rings. The lowest BCUT2D eigenvalue weighted by Gasteiger charge is -2.11. The average Bonchev–Trinajstić information content (AvgIpc) is 2.42. The molecule has 0 aliphatic heterocycles. The molecule has 0 radical (unpaired) electrons. The van der Waals surface area contributed by atoms with Gasteiger partial charge in [-0.15, -0.1) is 0 Å². The summed E-state index contributed by atoms with van der Waals surface area (Å²) in [6, 6.07) is 5.50. The molecular weight excluding hydrogens is 276 g/mol. The number of sulfonamides is 1. The van der Waals surface area contributed by atoms with Gasteiger partial charge < -0.3 is 10.1 Å². The minimum Gasteiger partial charge on any atom is -0.380 e. The molecule has 1 rings (SSSR count). The quantitative estimate of drug-likeness (QED) is 0.677. The summed E-state index contributed by atoms with van der Waals surface area (Å²) in [7, 11) is -3.48. The van der Waals surface area contributed by atoms with Crippen molar-refractivity contribution in [2.24, 2.45) is 0 Å². The molecule has 5 nitrogen and oxygen atoms in total. The lowest BCUT2D eigenvalue weighted by atomic mass is 10.1. The Labute approximate surface area is 121 Å². The average molecular weight is 300 g/mol. The summed E-state index contributed by atoms with van der Waals surface area (Å²) < 4.78 is 32.2.